The van der Waals surface area contributed by atoms with Crippen LogP contribution in [0.1, 0.15) is 25.3 Å². The first-order valence-electron chi connectivity index (χ1n) is 4.63. The van der Waals surface area contributed by atoms with E-state index in [1.54, 1.807) is 11.3 Å². The van der Waals surface area contributed by atoms with Crippen molar-refractivity contribution in [3.05, 3.63) is 5.01 Å². The lowest BCUT2D eigenvalue weighted by atomic mass is 9.90. The highest BCUT2D eigenvalue weighted by atomic mass is 35.5. The van der Waals surface area contributed by atoms with Gasteiger partial charge in [-0.2, -0.15) is 0 Å². The van der Waals surface area contributed by atoms with Gasteiger partial charge in [0.25, 0.3) is 0 Å². The maximum absolute atomic E-state index is 5.72. The van der Waals surface area contributed by atoms with E-state index in [9.17, 15) is 0 Å². The van der Waals surface area contributed by atoms with Gasteiger partial charge in [-0.3, -0.25) is 0 Å². The van der Waals surface area contributed by atoms with Crippen LogP contribution in [0.25, 0.3) is 0 Å². The summed E-state index contributed by atoms with van der Waals surface area (Å²) in [6.45, 7) is 7.22. The maximum atomic E-state index is 5.72. The molecule has 0 aliphatic heterocycles. The summed E-state index contributed by atoms with van der Waals surface area (Å²) in [7, 11) is 0. The van der Waals surface area contributed by atoms with Crippen LogP contribution in [-0.2, 0) is 0 Å². The summed E-state index contributed by atoms with van der Waals surface area (Å²) in [5.41, 5.74) is 0.210. The third-order valence-electron chi connectivity index (χ3n) is 2.02. The van der Waals surface area contributed by atoms with Crippen molar-refractivity contribution >= 4 is 28.1 Å². The molecule has 3 nitrogen and oxygen atoms in total. The molecule has 0 aliphatic rings. The fraction of sp³-hybridized carbons (Fsp3) is 0.778. The molecule has 0 radical (unpaired) electrons. The Labute approximate surface area is 93.9 Å². The van der Waals surface area contributed by atoms with E-state index in [0.29, 0.717) is 5.88 Å². The molecule has 0 bridgehead atoms. The van der Waals surface area contributed by atoms with Gasteiger partial charge >= 0.3 is 0 Å². The van der Waals surface area contributed by atoms with E-state index < -0.39 is 0 Å². The molecular weight excluding hydrogens is 218 g/mol. The molecule has 0 aromatic carbocycles. The van der Waals surface area contributed by atoms with Crippen molar-refractivity contribution in [2.75, 3.05) is 17.7 Å². The molecule has 0 fully saturated rings. The van der Waals surface area contributed by atoms with Crippen LogP contribution >= 0.6 is 22.9 Å². The molecule has 5 heteroatoms. The highest BCUT2D eigenvalue weighted by molar-refractivity contribution is 7.15. The molecule has 0 spiro atoms. The van der Waals surface area contributed by atoms with Crippen LogP contribution in [0.2, 0.25) is 0 Å². The average Bonchev–Trinajstić information content (AvgIpc) is 2.48. The first-order valence-corrected chi connectivity index (χ1v) is 5.98. The summed E-state index contributed by atoms with van der Waals surface area (Å²) >= 11 is 7.30. The average molecular weight is 234 g/mol. The number of rotatable bonds is 5. The van der Waals surface area contributed by atoms with Crippen LogP contribution in [0.15, 0.2) is 0 Å². The number of halogens is 1. The van der Waals surface area contributed by atoms with Gasteiger partial charge in [-0.25, -0.2) is 0 Å². The molecule has 80 valence electrons. The molecule has 1 heterocycles. The van der Waals surface area contributed by atoms with Crippen LogP contribution in [0.5, 0.6) is 0 Å². The molecule has 0 saturated carbocycles. The maximum Gasteiger partial charge on any atom is 0.205 e. The van der Waals surface area contributed by atoms with Crippen molar-refractivity contribution in [1.29, 1.82) is 0 Å². The fourth-order valence-electron chi connectivity index (χ4n) is 1.03. The number of alkyl halides is 1. The van der Waals surface area contributed by atoms with Gasteiger partial charge in [-0.05, 0) is 18.8 Å². The second-order valence-corrected chi connectivity index (χ2v) is 5.64. The zero-order chi connectivity index (χ0) is 10.6. The first kappa shape index (κ1) is 11.7. The third-order valence-corrected chi connectivity index (χ3v) is 3.00. The Morgan fingerprint density at radius 2 is 2.14 bits per heavy atom. The van der Waals surface area contributed by atoms with Crippen LogP contribution in [0.4, 0.5) is 5.13 Å². The molecule has 0 aliphatic carbocycles. The predicted octanol–water partition coefficient (Wildman–Crippen LogP) is 2.91. The van der Waals surface area contributed by atoms with Crippen molar-refractivity contribution < 1.29 is 0 Å². The Balaban J connectivity index is 2.40. The number of anilines is 1. The van der Waals surface area contributed by atoms with E-state index in [1.807, 2.05) is 6.92 Å². The molecule has 0 atom stereocenters. The van der Waals surface area contributed by atoms with Gasteiger partial charge in [-0.1, -0.05) is 25.2 Å². The van der Waals surface area contributed by atoms with Crippen molar-refractivity contribution in [2.24, 2.45) is 5.41 Å². The SMILES string of the molecule is Cc1nnc(NCC(C)(C)CCCl)s1. The second kappa shape index (κ2) is 4.94. The van der Waals surface area contributed by atoms with Crippen molar-refractivity contribution in [1.82, 2.24) is 10.2 Å². The van der Waals surface area contributed by atoms with Gasteiger partial charge < -0.3 is 5.32 Å². The summed E-state index contributed by atoms with van der Waals surface area (Å²) in [6, 6.07) is 0. The number of hydrogen-bond donors (Lipinski definition) is 1. The topological polar surface area (TPSA) is 37.8 Å². The van der Waals surface area contributed by atoms with Gasteiger partial charge in [-0.15, -0.1) is 21.8 Å². The van der Waals surface area contributed by atoms with E-state index in [2.05, 4.69) is 29.4 Å². The summed E-state index contributed by atoms with van der Waals surface area (Å²) in [4.78, 5) is 0. The Bertz CT molecular complexity index is 285. The number of aromatic nitrogens is 2. The molecule has 0 amide bonds. The van der Waals surface area contributed by atoms with Crippen LogP contribution in [0, 0.1) is 12.3 Å². The van der Waals surface area contributed by atoms with Gasteiger partial charge in [0.2, 0.25) is 5.13 Å². The fourth-order valence-corrected chi connectivity index (χ4v) is 2.13. The van der Waals surface area contributed by atoms with Crippen LogP contribution in [-0.4, -0.2) is 22.6 Å². The second-order valence-electron chi connectivity index (χ2n) is 4.08. The minimum Gasteiger partial charge on any atom is -0.360 e. The molecule has 1 N–H and O–H groups in total. The number of nitrogens with zero attached hydrogens (tertiary/aromatic N) is 2. The van der Waals surface area contributed by atoms with Crippen LogP contribution < -0.4 is 5.32 Å². The molecule has 0 unspecified atom stereocenters. The van der Waals surface area contributed by atoms with Crippen LogP contribution in [0.3, 0.4) is 0 Å². The zero-order valence-corrected chi connectivity index (χ0v) is 10.4. The molecule has 14 heavy (non-hydrogen) atoms. The minimum absolute atomic E-state index is 0.210. The highest BCUT2D eigenvalue weighted by Gasteiger charge is 2.17. The Hall–Kier alpha value is -0.350. The van der Waals surface area contributed by atoms with Crippen molar-refractivity contribution in [2.45, 2.75) is 27.2 Å². The Morgan fingerprint density at radius 3 is 2.64 bits per heavy atom. The van der Waals surface area contributed by atoms with Gasteiger partial charge in [0, 0.05) is 12.4 Å². The van der Waals surface area contributed by atoms with Gasteiger partial charge in [0.15, 0.2) is 0 Å². The smallest absolute Gasteiger partial charge is 0.205 e. The van der Waals surface area contributed by atoms with Crippen molar-refractivity contribution in [3.8, 4) is 0 Å². The molecule has 1 rings (SSSR count). The monoisotopic (exact) mass is 233 g/mol. The van der Waals surface area contributed by atoms with Gasteiger partial charge in [0.05, 0.1) is 0 Å². The Kier molecular flexibility index (Phi) is 4.13. The largest absolute Gasteiger partial charge is 0.360 e. The molecular formula is C9H16ClN3S. The normalized spacial score (nSPS) is 11.7. The van der Waals surface area contributed by atoms with E-state index >= 15 is 0 Å². The van der Waals surface area contributed by atoms with E-state index in [1.165, 1.54) is 0 Å². The number of nitrogens with one attached hydrogen (secondary N) is 1. The summed E-state index contributed by atoms with van der Waals surface area (Å²) in [5.74, 6) is 0.698. The lowest BCUT2D eigenvalue weighted by Gasteiger charge is -2.23. The quantitative estimate of drug-likeness (QED) is 0.795. The lowest BCUT2D eigenvalue weighted by Crippen LogP contribution is -2.23. The summed E-state index contributed by atoms with van der Waals surface area (Å²) < 4.78 is 0. The van der Waals surface area contributed by atoms with E-state index in [-0.39, 0.29) is 5.41 Å². The van der Waals surface area contributed by atoms with Gasteiger partial charge in [0.1, 0.15) is 5.01 Å². The molecule has 1 aromatic rings. The predicted molar refractivity (Wildman–Crippen MR) is 62.3 cm³/mol. The van der Waals surface area contributed by atoms with Crippen molar-refractivity contribution in [3.63, 3.8) is 0 Å². The lowest BCUT2D eigenvalue weighted by molar-refractivity contribution is 0.379. The third kappa shape index (κ3) is 3.80. The number of aryl methyl sites for hydroxylation is 1. The zero-order valence-electron chi connectivity index (χ0n) is 8.80. The molecule has 1 aromatic heterocycles. The van der Waals surface area contributed by atoms with E-state index in [0.717, 1.165) is 23.1 Å². The molecule has 0 saturated heterocycles. The first-order chi connectivity index (χ1) is 6.53. The van der Waals surface area contributed by atoms with E-state index in [4.69, 9.17) is 11.6 Å². The Morgan fingerprint density at radius 1 is 1.43 bits per heavy atom. The highest BCUT2D eigenvalue weighted by Crippen LogP contribution is 2.22. The minimum atomic E-state index is 0.210. The summed E-state index contributed by atoms with van der Waals surface area (Å²) in [6.07, 6.45) is 0.999. The standard InChI is InChI=1S/C9H16ClN3S/c1-7-12-13-8(14-7)11-6-9(2,3)4-5-10/h4-6H2,1-3H3,(H,11,13). The summed E-state index contributed by atoms with van der Waals surface area (Å²) in [5, 5.41) is 13.1. The number of hydrogen-bond acceptors (Lipinski definition) is 4.